The molecule has 0 spiro atoms. The number of benzene rings is 3. The molecule has 0 aliphatic carbocycles. The molecule has 0 bridgehead atoms. The number of aryl methyl sites for hydroxylation is 2. The van der Waals surface area contributed by atoms with E-state index in [9.17, 15) is 14.9 Å². The first kappa shape index (κ1) is 22.8. The van der Waals surface area contributed by atoms with Crippen LogP contribution in [0.4, 0.5) is 11.4 Å². The Morgan fingerprint density at radius 1 is 1.12 bits per heavy atom. The van der Waals surface area contributed by atoms with Crippen LogP contribution in [0.25, 0.3) is 0 Å². The molecule has 3 aromatic rings. The van der Waals surface area contributed by atoms with Gasteiger partial charge in [0.05, 0.1) is 29.5 Å². The van der Waals surface area contributed by atoms with E-state index in [1.807, 2.05) is 50.2 Å². The number of nitro groups is 1. The van der Waals surface area contributed by atoms with Gasteiger partial charge in [0.1, 0.15) is 17.2 Å². The second-order valence-corrected chi connectivity index (χ2v) is 7.87. The van der Waals surface area contributed by atoms with E-state index in [0.717, 1.165) is 16.7 Å². The van der Waals surface area contributed by atoms with Gasteiger partial charge in [0.25, 0.3) is 11.6 Å². The SMILES string of the molecule is COc1ccccc1C1=NOC(C(=O)Nc2cc(Oc3cc(C)ccc3C)cc([N+](=O)[O-])c2)C1. The number of hydrogen-bond donors (Lipinski definition) is 1. The number of ether oxygens (including phenoxy) is 2. The summed E-state index contributed by atoms with van der Waals surface area (Å²) < 4.78 is 11.3. The summed E-state index contributed by atoms with van der Waals surface area (Å²) in [6.07, 6.45) is -0.657. The average molecular weight is 461 g/mol. The molecular formula is C25H23N3O6. The Hall–Kier alpha value is -4.40. The molecule has 174 valence electrons. The fourth-order valence-electron chi connectivity index (χ4n) is 3.55. The summed E-state index contributed by atoms with van der Waals surface area (Å²) in [5, 5.41) is 18.2. The number of nitro benzene ring substituents is 1. The zero-order chi connectivity index (χ0) is 24.2. The van der Waals surface area contributed by atoms with Gasteiger partial charge in [0.2, 0.25) is 6.10 Å². The molecule has 1 unspecified atom stereocenters. The van der Waals surface area contributed by atoms with Gasteiger partial charge >= 0.3 is 0 Å². The smallest absolute Gasteiger partial charge is 0.275 e. The first-order valence-electron chi connectivity index (χ1n) is 10.6. The van der Waals surface area contributed by atoms with Crippen molar-refractivity contribution >= 4 is 23.0 Å². The predicted molar refractivity (Wildman–Crippen MR) is 127 cm³/mol. The zero-order valence-corrected chi connectivity index (χ0v) is 18.9. The average Bonchev–Trinajstić information content (AvgIpc) is 3.31. The van der Waals surface area contributed by atoms with Crippen LogP contribution in [-0.2, 0) is 9.63 Å². The van der Waals surface area contributed by atoms with Crippen molar-refractivity contribution in [3.8, 4) is 17.2 Å². The predicted octanol–water partition coefficient (Wildman–Crippen LogP) is 5.14. The number of non-ortho nitro benzene ring substituents is 1. The van der Waals surface area contributed by atoms with Gasteiger partial charge in [0, 0.05) is 24.1 Å². The highest BCUT2D eigenvalue weighted by molar-refractivity contribution is 6.07. The first-order chi connectivity index (χ1) is 16.3. The minimum absolute atomic E-state index is 0.212. The van der Waals surface area contributed by atoms with E-state index in [2.05, 4.69) is 10.5 Å². The highest BCUT2D eigenvalue weighted by Gasteiger charge is 2.30. The molecule has 0 fully saturated rings. The Labute approximate surface area is 196 Å². The minimum atomic E-state index is -0.887. The number of para-hydroxylation sites is 1. The number of carbonyl (C=O) groups is 1. The molecule has 3 aromatic carbocycles. The van der Waals surface area contributed by atoms with Crippen molar-refractivity contribution in [1.29, 1.82) is 0 Å². The normalized spacial score (nSPS) is 14.7. The number of methoxy groups -OCH3 is 1. The Balaban J connectivity index is 1.51. The summed E-state index contributed by atoms with van der Waals surface area (Å²) in [6.45, 7) is 3.81. The molecule has 1 amide bonds. The second-order valence-electron chi connectivity index (χ2n) is 7.87. The van der Waals surface area contributed by atoms with Crippen LogP contribution < -0.4 is 14.8 Å². The lowest BCUT2D eigenvalue weighted by molar-refractivity contribution is -0.384. The fraction of sp³-hybridized carbons (Fsp3) is 0.200. The third kappa shape index (κ3) is 4.98. The van der Waals surface area contributed by atoms with Crippen molar-refractivity contribution in [3.05, 3.63) is 87.5 Å². The standard InChI is InChI=1S/C25H23N3O6/c1-15-8-9-16(2)23(10-15)33-19-12-17(11-18(13-19)28(30)31)26-25(29)24-14-21(27-34-24)20-6-4-5-7-22(20)32-3/h4-13,24H,14H2,1-3H3,(H,26,29). The first-order valence-corrected chi connectivity index (χ1v) is 10.6. The van der Waals surface area contributed by atoms with E-state index in [1.165, 1.54) is 18.2 Å². The monoisotopic (exact) mass is 461 g/mol. The lowest BCUT2D eigenvalue weighted by Crippen LogP contribution is -2.28. The highest BCUT2D eigenvalue weighted by atomic mass is 16.6. The molecule has 1 aliphatic rings. The van der Waals surface area contributed by atoms with Crippen LogP contribution in [0.1, 0.15) is 23.1 Å². The van der Waals surface area contributed by atoms with Gasteiger partial charge < -0.3 is 19.6 Å². The topological polar surface area (TPSA) is 112 Å². The summed E-state index contributed by atoms with van der Waals surface area (Å²) >= 11 is 0. The molecule has 34 heavy (non-hydrogen) atoms. The lowest BCUT2D eigenvalue weighted by atomic mass is 10.0. The molecular weight excluding hydrogens is 438 g/mol. The molecule has 0 radical (unpaired) electrons. The van der Waals surface area contributed by atoms with Gasteiger partial charge in [-0.25, -0.2) is 0 Å². The molecule has 1 aliphatic heterocycles. The molecule has 0 aromatic heterocycles. The van der Waals surface area contributed by atoms with Crippen molar-refractivity contribution in [2.75, 3.05) is 12.4 Å². The van der Waals surface area contributed by atoms with Crippen LogP contribution >= 0.6 is 0 Å². The van der Waals surface area contributed by atoms with Crippen molar-refractivity contribution in [2.45, 2.75) is 26.4 Å². The van der Waals surface area contributed by atoms with Crippen LogP contribution in [0, 0.1) is 24.0 Å². The van der Waals surface area contributed by atoms with E-state index in [-0.39, 0.29) is 23.5 Å². The molecule has 9 nitrogen and oxygen atoms in total. The van der Waals surface area contributed by atoms with Crippen molar-refractivity contribution in [1.82, 2.24) is 0 Å². The number of hydrogen-bond acceptors (Lipinski definition) is 7. The second kappa shape index (κ2) is 9.62. The molecule has 0 saturated carbocycles. The van der Waals surface area contributed by atoms with Gasteiger partial charge in [0.15, 0.2) is 0 Å². The number of oxime groups is 1. The third-order valence-corrected chi connectivity index (χ3v) is 5.32. The summed E-state index contributed by atoms with van der Waals surface area (Å²) in [7, 11) is 1.56. The number of nitrogens with one attached hydrogen (secondary N) is 1. The highest BCUT2D eigenvalue weighted by Crippen LogP contribution is 2.32. The van der Waals surface area contributed by atoms with Crippen molar-refractivity contribution < 1.29 is 24.0 Å². The Bertz CT molecular complexity index is 1290. The van der Waals surface area contributed by atoms with Gasteiger partial charge in [-0.15, -0.1) is 0 Å². The van der Waals surface area contributed by atoms with Gasteiger partial charge in [-0.2, -0.15) is 0 Å². The van der Waals surface area contributed by atoms with Crippen molar-refractivity contribution in [3.63, 3.8) is 0 Å². The van der Waals surface area contributed by atoms with Crippen LogP contribution in [0.3, 0.4) is 0 Å². The van der Waals surface area contributed by atoms with Crippen LogP contribution in [0.15, 0.2) is 65.8 Å². The quantitative estimate of drug-likeness (QED) is 0.385. The molecule has 4 rings (SSSR count). The number of carbonyl (C=O) groups excluding carboxylic acids is 1. The molecule has 1 heterocycles. The maximum Gasteiger partial charge on any atom is 0.275 e. The zero-order valence-electron chi connectivity index (χ0n) is 18.9. The maximum absolute atomic E-state index is 12.8. The van der Waals surface area contributed by atoms with Crippen LogP contribution in [0.5, 0.6) is 17.2 Å². The molecule has 0 saturated heterocycles. The molecule has 1 atom stereocenters. The Morgan fingerprint density at radius 3 is 2.68 bits per heavy atom. The summed E-state index contributed by atoms with van der Waals surface area (Å²) in [4.78, 5) is 29.1. The van der Waals surface area contributed by atoms with E-state index in [1.54, 1.807) is 13.2 Å². The van der Waals surface area contributed by atoms with E-state index in [4.69, 9.17) is 14.3 Å². The minimum Gasteiger partial charge on any atom is -0.496 e. The Kier molecular flexibility index (Phi) is 6.44. The van der Waals surface area contributed by atoms with Crippen LogP contribution in [-0.4, -0.2) is 29.8 Å². The number of amides is 1. The largest absolute Gasteiger partial charge is 0.496 e. The van der Waals surface area contributed by atoms with Crippen molar-refractivity contribution in [2.24, 2.45) is 5.16 Å². The number of nitrogens with zero attached hydrogens (tertiary/aromatic N) is 2. The van der Waals surface area contributed by atoms with E-state index in [0.29, 0.717) is 17.2 Å². The fourth-order valence-corrected chi connectivity index (χ4v) is 3.55. The van der Waals surface area contributed by atoms with Gasteiger partial charge in [-0.1, -0.05) is 29.4 Å². The van der Waals surface area contributed by atoms with Gasteiger partial charge in [-0.05, 0) is 43.2 Å². The van der Waals surface area contributed by atoms with E-state index < -0.39 is 16.9 Å². The van der Waals surface area contributed by atoms with E-state index >= 15 is 0 Å². The summed E-state index contributed by atoms with van der Waals surface area (Å²) in [6, 6.07) is 17.1. The van der Waals surface area contributed by atoms with Crippen LogP contribution in [0.2, 0.25) is 0 Å². The maximum atomic E-state index is 12.8. The van der Waals surface area contributed by atoms with Gasteiger partial charge in [-0.3, -0.25) is 14.9 Å². The molecule has 1 N–H and O–H groups in total. The Morgan fingerprint density at radius 2 is 1.91 bits per heavy atom. The molecule has 9 heteroatoms. The number of anilines is 1. The number of rotatable bonds is 7. The lowest BCUT2D eigenvalue weighted by Gasteiger charge is -2.13. The summed E-state index contributed by atoms with van der Waals surface area (Å²) in [5.41, 5.74) is 3.19. The third-order valence-electron chi connectivity index (χ3n) is 5.32. The summed E-state index contributed by atoms with van der Waals surface area (Å²) in [5.74, 6) is 0.952.